The minimum atomic E-state index is 0.522. The van der Waals surface area contributed by atoms with Crippen LogP contribution in [0.15, 0.2) is 18.3 Å². The number of nitrogens with zero attached hydrogens (tertiary/aromatic N) is 1. The minimum Gasteiger partial charge on any atom is -0.261 e. The number of pyridine rings is 1. The van der Waals surface area contributed by atoms with Crippen LogP contribution in [0.2, 0.25) is 0 Å². The molecule has 0 radical (unpaired) electrons. The third-order valence-electron chi connectivity index (χ3n) is 1.59. The molecule has 0 saturated carbocycles. The molecule has 0 aliphatic heterocycles. The molecule has 0 spiro atoms. The molecular formula is C9H12BrN. The van der Waals surface area contributed by atoms with Gasteiger partial charge >= 0.3 is 0 Å². The number of alkyl halides is 1. The molecule has 0 aliphatic rings. The van der Waals surface area contributed by atoms with E-state index in [9.17, 15) is 0 Å². The highest BCUT2D eigenvalue weighted by molar-refractivity contribution is 9.08. The van der Waals surface area contributed by atoms with Crippen LogP contribution in [0.25, 0.3) is 0 Å². The normalized spacial score (nSPS) is 10.5. The van der Waals surface area contributed by atoms with Crippen LogP contribution in [-0.4, -0.2) is 4.98 Å². The summed E-state index contributed by atoms with van der Waals surface area (Å²) in [7, 11) is 0. The minimum absolute atomic E-state index is 0.522. The van der Waals surface area contributed by atoms with Gasteiger partial charge in [0.2, 0.25) is 0 Å². The van der Waals surface area contributed by atoms with Crippen LogP contribution in [-0.2, 0) is 5.33 Å². The molecule has 1 aromatic heterocycles. The van der Waals surface area contributed by atoms with Gasteiger partial charge in [0.05, 0.1) is 0 Å². The third kappa shape index (κ3) is 2.29. The largest absolute Gasteiger partial charge is 0.261 e. The van der Waals surface area contributed by atoms with E-state index >= 15 is 0 Å². The van der Waals surface area contributed by atoms with E-state index in [0.29, 0.717) is 5.92 Å². The maximum atomic E-state index is 4.27. The van der Waals surface area contributed by atoms with Crippen LogP contribution in [0.1, 0.15) is 31.0 Å². The first-order valence-electron chi connectivity index (χ1n) is 3.75. The summed E-state index contributed by atoms with van der Waals surface area (Å²) < 4.78 is 0. The molecule has 0 atom stereocenters. The van der Waals surface area contributed by atoms with Crippen LogP contribution in [0.5, 0.6) is 0 Å². The van der Waals surface area contributed by atoms with Gasteiger partial charge in [-0.15, -0.1) is 0 Å². The van der Waals surface area contributed by atoms with Gasteiger partial charge in [-0.05, 0) is 23.6 Å². The Bertz CT molecular complexity index is 233. The SMILES string of the molecule is CC(C)c1cc(CBr)ccn1. The van der Waals surface area contributed by atoms with Crippen molar-refractivity contribution in [2.45, 2.75) is 25.1 Å². The first-order valence-corrected chi connectivity index (χ1v) is 4.87. The summed E-state index contributed by atoms with van der Waals surface area (Å²) in [6.45, 7) is 4.31. The van der Waals surface area contributed by atoms with E-state index in [2.05, 4.69) is 40.8 Å². The zero-order chi connectivity index (χ0) is 8.27. The summed E-state index contributed by atoms with van der Waals surface area (Å²) in [6.07, 6.45) is 1.87. The topological polar surface area (TPSA) is 12.9 Å². The second kappa shape index (κ2) is 3.86. The summed E-state index contributed by atoms with van der Waals surface area (Å²) in [4.78, 5) is 4.27. The quantitative estimate of drug-likeness (QED) is 0.689. The first-order chi connectivity index (χ1) is 5.24. The fraction of sp³-hybridized carbons (Fsp3) is 0.444. The zero-order valence-corrected chi connectivity index (χ0v) is 8.43. The fourth-order valence-corrected chi connectivity index (χ4v) is 1.24. The van der Waals surface area contributed by atoms with Crippen molar-refractivity contribution >= 4 is 15.9 Å². The van der Waals surface area contributed by atoms with Gasteiger partial charge in [-0.1, -0.05) is 29.8 Å². The molecule has 0 saturated heterocycles. The van der Waals surface area contributed by atoms with Crippen LogP contribution in [0.4, 0.5) is 0 Å². The van der Waals surface area contributed by atoms with Crippen LogP contribution >= 0.6 is 15.9 Å². The Morgan fingerprint density at radius 1 is 1.55 bits per heavy atom. The molecule has 0 N–H and O–H groups in total. The van der Waals surface area contributed by atoms with Crippen molar-refractivity contribution in [2.75, 3.05) is 0 Å². The molecule has 0 aromatic carbocycles. The number of hydrogen-bond donors (Lipinski definition) is 0. The second-order valence-corrected chi connectivity index (χ2v) is 3.44. The lowest BCUT2D eigenvalue weighted by atomic mass is 10.1. The smallest absolute Gasteiger partial charge is 0.0432 e. The van der Waals surface area contributed by atoms with Crippen molar-refractivity contribution in [1.82, 2.24) is 4.98 Å². The van der Waals surface area contributed by atoms with Crippen molar-refractivity contribution in [3.8, 4) is 0 Å². The highest BCUT2D eigenvalue weighted by Gasteiger charge is 1.99. The Labute approximate surface area is 76.0 Å². The summed E-state index contributed by atoms with van der Waals surface area (Å²) in [5.41, 5.74) is 2.46. The predicted molar refractivity (Wildman–Crippen MR) is 51.0 cm³/mol. The standard InChI is InChI=1S/C9H12BrN/c1-7(2)9-5-8(6-10)3-4-11-9/h3-5,7H,6H2,1-2H3. The first kappa shape index (κ1) is 8.72. The zero-order valence-electron chi connectivity index (χ0n) is 6.84. The van der Waals surface area contributed by atoms with Gasteiger partial charge in [-0.2, -0.15) is 0 Å². The molecule has 0 fully saturated rings. The molecule has 1 rings (SSSR count). The van der Waals surface area contributed by atoms with E-state index in [0.717, 1.165) is 5.33 Å². The van der Waals surface area contributed by atoms with Crippen LogP contribution in [0, 0.1) is 0 Å². The van der Waals surface area contributed by atoms with E-state index in [4.69, 9.17) is 0 Å². The molecular weight excluding hydrogens is 202 g/mol. The highest BCUT2D eigenvalue weighted by atomic mass is 79.9. The second-order valence-electron chi connectivity index (χ2n) is 2.88. The van der Waals surface area contributed by atoms with Crippen molar-refractivity contribution in [1.29, 1.82) is 0 Å². The third-order valence-corrected chi connectivity index (χ3v) is 2.24. The van der Waals surface area contributed by atoms with Gasteiger partial charge < -0.3 is 0 Å². The number of hydrogen-bond acceptors (Lipinski definition) is 1. The monoisotopic (exact) mass is 213 g/mol. The van der Waals surface area contributed by atoms with E-state index in [1.165, 1.54) is 11.3 Å². The molecule has 0 aliphatic carbocycles. The predicted octanol–water partition coefficient (Wildman–Crippen LogP) is 3.10. The maximum Gasteiger partial charge on any atom is 0.0432 e. The van der Waals surface area contributed by atoms with Gasteiger partial charge in [-0.3, -0.25) is 4.98 Å². The molecule has 0 unspecified atom stereocenters. The van der Waals surface area contributed by atoms with Crippen LogP contribution < -0.4 is 0 Å². The van der Waals surface area contributed by atoms with Gasteiger partial charge in [-0.25, -0.2) is 0 Å². The number of halogens is 1. The van der Waals surface area contributed by atoms with Crippen molar-refractivity contribution in [3.63, 3.8) is 0 Å². The molecule has 11 heavy (non-hydrogen) atoms. The Morgan fingerprint density at radius 3 is 2.82 bits per heavy atom. The molecule has 1 aromatic rings. The summed E-state index contributed by atoms with van der Waals surface area (Å²) in [5, 5.41) is 0.912. The van der Waals surface area contributed by atoms with E-state index in [1.807, 2.05) is 12.3 Å². The van der Waals surface area contributed by atoms with Gasteiger partial charge in [0, 0.05) is 17.2 Å². The molecule has 0 bridgehead atoms. The Balaban J connectivity index is 2.91. The lowest BCUT2D eigenvalue weighted by Crippen LogP contribution is -1.92. The number of aromatic nitrogens is 1. The molecule has 60 valence electrons. The lowest BCUT2D eigenvalue weighted by molar-refractivity contribution is 0.820. The van der Waals surface area contributed by atoms with Gasteiger partial charge in [0.25, 0.3) is 0 Å². The molecule has 2 heteroatoms. The summed E-state index contributed by atoms with van der Waals surface area (Å²) >= 11 is 3.41. The van der Waals surface area contributed by atoms with Crippen molar-refractivity contribution in [3.05, 3.63) is 29.6 Å². The van der Waals surface area contributed by atoms with E-state index in [-0.39, 0.29) is 0 Å². The highest BCUT2D eigenvalue weighted by Crippen LogP contribution is 2.13. The average Bonchev–Trinajstić information content (AvgIpc) is 2.05. The molecule has 1 heterocycles. The summed E-state index contributed by atoms with van der Waals surface area (Å²) in [5.74, 6) is 0.522. The van der Waals surface area contributed by atoms with Crippen molar-refractivity contribution < 1.29 is 0 Å². The van der Waals surface area contributed by atoms with Gasteiger partial charge in [0.15, 0.2) is 0 Å². The van der Waals surface area contributed by atoms with Crippen LogP contribution in [0.3, 0.4) is 0 Å². The molecule has 1 nitrogen and oxygen atoms in total. The summed E-state index contributed by atoms with van der Waals surface area (Å²) in [6, 6.07) is 4.17. The Kier molecular flexibility index (Phi) is 3.06. The molecule has 0 amide bonds. The fourth-order valence-electron chi connectivity index (χ4n) is 0.893. The van der Waals surface area contributed by atoms with Gasteiger partial charge in [0.1, 0.15) is 0 Å². The Hall–Kier alpha value is -0.370. The van der Waals surface area contributed by atoms with E-state index < -0.39 is 0 Å². The number of rotatable bonds is 2. The van der Waals surface area contributed by atoms with E-state index in [1.54, 1.807) is 0 Å². The average molecular weight is 214 g/mol. The lowest BCUT2D eigenvalue weighted by Gasteiger charge is -2.04. The maximum absolute atomic E-state index is 4.27. The van der Waals surface area contributed by atoms with Crippen molar-refractivity contribution in [2.24, 2.45) is 0 Å². The Morgan fingerprint density at radius 2 is 2.27 bits per heavy atom.